The Bertz CT molecular complexity index is 391. The predicted molar refractivity (Wildman–Crippen MR) is 72.1 cm³/mol. The lowest BCUT2D eigenvalue weighted by molar-refractivity contribution is -0.137. The predicted octanol–water partition coefficient (Wildman–Crippen LogP) is 4.16. The van der Waals surface area contributed by atoms with Crippen LogP contribution in [0.15, 0.2) is 24.3 Å². The SMILES string of the molecule is O=CCSCCC[CH]Cc1cccc(C(F)(F)F)c1. The molecule has 0 saturated carbocycles. The minimum atomic E-state index is -4.28. The lowest BCUT2D eigenvalue weighted by Gasteiger charge is -2.08. The molecule has 0 saturated heterocycles. The first-order valence-corrected chi connectivity index (χ1v) is 7.18. The molecule has 0 bridgehead atoms. The maximum atomic E-state index is 12.5. The van der Waals surface area contributed by atoms with Gasteiger partial charge in [-0.15, -0.1) is 0 Å². The van der Waals surface area contributed by atoms with E-state index >= 15 is 0 Å². The molecule has 1 nitrogen and oxygen atoms in total. The fraction of sp³-hybridized carbons (Fsp3) is 0.429. The highest BCUT2D eigenvalue weighted by atomic mass is 32.2. The summed E-state index contributed by atoms with van der Waals surface area (Å²) >= 11 is 1.57. The van der Waals surface area contributed by atoms with Crippen LogP contribution in [0.1, 0.15) is 24.0 Å². The normalized spacial score (nSPS) is 11.5. The van der Waals surface area contributed by atoms with E-state index in [0.717, 1.165) is 30.9 Å². The summed E-state index contributed by atoms with van der Waals surface area (Å²) in [5, 5.41) is 0. The van der Waals surface area contributed by atoms with Crippen molar-refractivity contribution in [1.82, 2.24) is 0 Å². The largest absolute Gasteiger partial charge is 0.416 e. The number of benzene rings is 1. The molecule has 19 heavy (non-hydrogen) atoms. The molecule has 0 aliphatic rings. The molecule has 0 atom stereocenters. The molecule has 0 fully saturated rings. The second kappa shape index (κ2) is 8.25. The zero-order valence-electron chi connectivity index (χ0n) is 10.5. The van der Waals surface area contributed by atoms with E-state index in [9.17, 15) is 18.0 Å². The summed E-state index contributed by atoms with van der Waals surface area (Å²) in [5.41, 5.74) is 0.0790. The first-order chi connectivity index (χ1) is 9.04. The third kappa shape index (κ3) is 6.66. The topological polar surface area (TPSA) is 17.1 Å². The number of aldehydes is 1. The highest BCUT2D eigenvalue weighted by molar-refractivity contribution is 7.99. The van der Waals surface area contributed by atoms with Crippen LogP contribution in [0.3, 0.4) is 0 Å². The Morgan fingerprint density at radius 3 is 2.74 bits per heavy atom. The first kappa shape index (κ1) is 16.1. The standard InChI is InChI=1S/C14H16F3OS/c15-14(16,17)13-7-4-6-12(11-13)5-2-1-3-9-19-10-8-18/h2,4,6-8,11H,1,3,5,9-10H2. The molecule has 0 spiro atoms. The second-order valence-corrected chi connectivity index (χ2v) is 5.22. The quantitative estimate of drug-likeness (QED) is 0.528. The Hall–Kier alpha value is -0.970. The van der Waals surface area contributed by atoms with Crippen LogP contribution >= 0.6 is 11.8 Å². The summed E-state index contributed by atoms with van der Waals surface area (Å²) in [6.07, 6.45) is 0.914. The molecule has 0 heterocycles. The van der Waals surface area contributed by atoms with Gasteiger partial charge in [-0.1, -0.05) is 18.2 Å². The summed E-state index contributed by atoms with van der Waals surface area (Å²) < 4.78 is 37.5. The summed E-state index contributed by atoms with van der Waals surface area (Å²) in [5.74, 6) is 1.41. The molecule has 0 unspecified atom stereocenters. The second-order valence-electron chi connectivity index (χ2n) is 4.07. The molecule has 1 radical (unpaired) electrons. The van der Waals surface area contributed by atoms with Crippen molar-refractivity contribution in [2.45, 2.75) is 25.4 Å². The van der Waals surface area contributed by atoms with Crippen molar-refractivity contribution in [1.29, 1.82) is 0 Å². The van der Waals surface area contributed by atoms with Gasteiger partial charge >= 0.3 is 6.18 Å². The van der Waals surface area contributed by atoms with Crippen LogP contribution in [0.4, 0.5) is 13.2 Å². The Morgan fingerprint density at radius 2 is 2.05 bits per heavy atom. The van der Waals surface area contributed by atoms with Gasteiger partial charge in [0.2, 0.25) is 0 Å². The van der Waals surface area contributed by atoms with Gasteiger partial charge in [0.05, 0.1) is 5.56 Å². The van der Waals surface area contributed by atoms with Gasteiger partial charge in [-0.05, 0) is 43.1 Å². The highest BCUT2D eigenvalue weighted by Gasteiger charge is 2.30. The molecule has 1 aromatic carbocycles. The molecule has 105 valence electrons. The summed E-state index contributed by atoms with van der Waals surface area (Å²) in [6.45, 7) is 0. The average Bonchev–Trinajstić information content (AvgIpc) is 2.37. The molecule has 5 heteroatoms. The summed E-state index contributed by atoms with van der Waals surface area (Å²) in [4.78, 5) is 10.1. The number of unbranched alkanes of at least 4 members (excludes halogenated alkanes) is 2. The van der Waals surface area contributed by atoms with Crippen LogP contribution in [0.5, 0.6) is 0 Å². The van der Waals surface area contributed by atoms with Crippen molar-refractivity contribution < 1.29 is 18.0 Å². The third-order valence-electron chi connectivity index (χ3n) is 2.52. The number of hydrogen-bond donors (Lipinski definition) is 0. The van der Waals surface area contributed by atoms with Crippen molar-refractivity contribution in [3.63, 3.8) is 0 Å². The third-order valence-corrected chi connectivity index (χ3v) is 3.47. The van der Waals surface area contributed by atoms with E-state index < -0.39 is 11.7 Å². The lowest BCUT2D eigenvalue weighted by Crippen LogP contribution is -2.05. The molecular weight excluding hydrogens is 273 g/mol. The number of thioether (sulfide) groups is 1. The lowest BCUT2D eigenvalue weighted by atomic mass is 10.0. The maximum absolute atomic E-state index is 12.5. The smallest absolute Gasteiger partial charge is 0.302 e. The Morgan fingerprint density at radius 1 is 1.26 bits per heavy atom. The van der Waals surface area contributed by atoms with Gasteiger partial charge in [-0.3, -0.25) is 0 Å². The van der Waals surface area contributed by atoms with Gasteiger partial charge in [-0.25, -0.2) is 0 Å². The number of carbonyl (C=O) groups excluding carboxylic acids is 1. The molecule has 1 rings (SSSR count). The molecule has 0 aliphatic carbocycles. The molecule has 1 aromatic rings. The van der Waals surface area contributed by atoms with Gasteiger partial charge < -0.3 is 4.79 Å². The van der Waals surface area contributed by atoms with Crippen molar-refractivity contribution in [3.8, 4) is 0 Å². The average molecular weight is 289 g/mol. The van der Waals surface area contributed by atoms with Crippen molar-refractivity contribution in [2.75, 3.05) is 11.5 Å². The minimum absolute atomic E-state index is 0.508. The fourth-order valence-electron chi connectivity index (χ4n) is 1.60. The molecular formula is C14H16F3OS. The van der Waals surface area contributed by atoms with Gasteiger partial charge in [0.1, 0.15) is 6.29 Å². The summed E-state index contributed by atoms with van der Waals surface area (Å²) in [6, 6.07) is 5.41. The van der Waals surface area contributed by atoms with E-state index in [2.05, 4.69) is 0 Å². The van der Waals surface area contributed by atoms with Crippen molar-refractivity contribution in [3.05, 3.63) is 41.8 Å². The van der Waals surface area contributed by atoms with E-state index in [1.165, 1.54) is 12.1 Å². The van der Waals surface area contributed by atoms with Crippen LogP contribution in [0.2, 0.25) is 0 Å². The van der Waals surface area contributed by atoms with Gasteiger partial charge in [0.15, 0.2) is 0 Å². The zero-order valence-corrected chi connectivity index (χ0v) is 11.3. The Balaban J connectivity index is 2.28. The number of hydrogen-bond acceptors (Lipinski definition) is 2. The Labute approximate surface area is 115 Å². The summed E-state index contributed by atoms with van der Waals surface area (Å²) in [7, 11) is 0. The van der Waals surface area contributed by atoms with Crippen LogP contribution < -0.4 is 0 Å². The fourth-order valence-corrected chi connectivity index (χ4v) is 2.24. The van der Waals surface area contributed by atoms with Crippen LogP contribution in [-0.2, 0) is 17.4 Å². The van der Waals surface area contributed by atoms with E-state index in [4.69, 9.17) is 0 Å². The molecule has 0 amide bonds. The number of rotatable bonds is 8. The van der Waals surface area contributed by atoms with Crippen LogP contribution in [0.25, 0.3) is 0 Å². The van der Waals surface area contributed by atoms with Crippen molar-refractivity contribution >= 4 is 18.0 Å². The van der Waals surface area contributed by atoms with E-state index in [-0.39, 0.29) is 0 Å². The minimum Gasteiger partial charge on any atom is -0.302 e. The van der Waals surface area contributed by atoms with Crippen LogP contribution in [0, 0.1) is 6.42 Å². The first-order valence-electron chi connectivity index (χ1n) is 6.03. The monoisotopic (exact) mass is 289 g/mol. The van der Waals surface area contributed by atoms with Gasteiger partial charge in [0, 0.05) is 5.75 Å². The zero-order chi connectivity index (χ0) is 14.1. The molecule has 0 aromatic heterocycles. The number of alkyl halides is 3. The Kier molecular flexibility index (Phi) is 6.99. The highest BCUT2D eigenvalue weighted by Crippen LogP contribution is 2.29. The van der Waals surface area contributed by atoms with Crippen LogP contribution in [-0.4, -0.2) is 17.8 Å². The molecule has 0 aliphatic heterocycles. The molecule has 0 N–H and O–H groups in total. The van der Waals surface area contributed by atoms with Gasteiger partial charge in [0.25, 0.3) is 0 Å². The van der Waals surface area contributed by atoms with E-state index in [1.807, 2.05) is 6.42 Å². The maximum Gasteiger partial charge on any atom is 0.416 e. The van der Waals surface area contributed by atoms with Gasteiger partial charge in [-0.2, -0.15) is 24.9 Å². The van der Waals surface area contributed by atoms with E-state index in [0.29, 0.717) is 17.7 Å². The van der Waals surface area contributed by atoms with Crippen molar-refractivity contribution in [2.24, 2.45) is 0 Å². The number of halogens is 3. The number of carbonyl (C=O) groups is 1. The van der Waals surface area contributed by atoms with E-state index in [1.54, 1.807) is 17.8 Å².